The third-order valence-electron chi connectivity index (χ3n) is 3.57. The van der Waals surface area contributed by atoms with Crippen molar-refractivity contribution in [1.82, 2.24) is 10.6 Å². The van der Waals surface area contributed by atoms with E-state index in [9.17, 15) is 0 Å². The van der Waals surface area contributed by atoms with Crippen LogP contribution in [0.1, 0.15) is 39.2 Å². The van der Waals surface area contributed by atoms with Crippen molar-refractivity contribution in [3.8, 4) is 0 Å². The molecule has 1 aromatic rings. The number of hydrogen-bond acceptors (Lipinski definition) is 2. The number of rotatable bonds is 9. The number of benzene rings is 1. The first-order valence-electron chi connectivity index (χ1n) is 8.33. The minimum atomic E-state index is 0. The van der Waals surface area contributed by atoms with E-state index in [0.717, 1.165) is 32.2 Å². The molecule has 0 saturated carbocycles. The van der Waals surface area contributed by atoms with Crippen molar-refractivity contribution in [2.75, 3.05) is 32.8 Å². The number of guanidine groups is 1. The smallest absolute Gasteiger partial charge is 0.191 e. The number of aliphatic imine (C=N–C) groups is 1. The number of halogens is 1. The summed E-state index contributed by atoms with van der Waals surface area (Å²) >= 11 is 0. The molecule has 0 fully saturated rings. The van der Waals surface area contributed by atoms with Gasteiger partial charge in [0.2, 0.25) is 0 Å². The number of nitrogens with one attached hydrogen (secondary N) is 2. The van der Waals surface area contributed by atoms with Gasteiger partial charge in [-0.05, 0) is 25.3 Å². The first-order chi connectivity index (χ1) is 10.7. The molecule has 0 aliphatic carbocycles. The molecule has 5 heteroatoms. The van der Waals surface area contributed by atoms with Crippen molar-refractivity contribution in [1.29, 1.82) is 0 Å². The first kappa shape index (κ1) is 22.2. The maximum Gasteiger partial charge on any atom is 0.191 e. The molecule has 0 aliphatic heterocycles. The predicted molar refractivity (Wildman–Crippen MR) is 110 cm³/mol. The van der Waals surface area contributed by atoms with E-state index in [-0.39, 0.29) is 24.0 Å². The van der Waals surface area contributed by atoms with Crippen LogP contribution in [0.25, 0.3) is 0 Å². The monoisotopic (exact) mass is 433 g/mol. The molecule has 0 spiro atoms. The van der Waals surface area contributed by atoms with E-state index in [0.29, 0.717) is 18.4 Å². The summed E-state index contributed by atoms with van der Waals surface area (Å²) in [5, 5.41) is 6.60. The lowest BCUT2D eigenvalue weighted by Crippen LogP contribution is -2.39. The minimum Gasteiger partial charge on any atom is -0.380 e. The number of ether oxygens (including phenoxy) is 1. The molecule has 0 aromatic heterocycles. The summed E-state index contributed by atoms with van der Waals surface area (Å²) in [5.41, 5.74) is 1.35. The highest BCUT2D eigenvalue weighted by Gasteiger charge is 2.15. The molecular formula is C18H32IN3O. The first-order valence-corrected chi connectivity index (χ1v) is 8.33. The average molecular weight is 433 g/mol. The number of nitrogens with zero attached hydrogens (tertiary/aromatic N) is 1. The second-order valence-corrected chi connectivity index (χ2v) is 5.60. The summed E-state index contributed by atoms with van der Waals surface area (Å²) in [5.74, 6) is 1.85. The third kappa shape index (κ3) is 9.15. The van der Waals surface area contributed by atoms with Crippen LogP contribution >= 0.6 is 24.0 Å². The van der Waals surface area contributed by atoms with Crippen LogP contribution < -0.4 is 10.6 Å². The zero-order valence-electron chi connectivity index (χ0n) is 14.8. The van der Waals surface area contributed by atoms with Gasteiger partial charge in [0.25, 0.3) is 0 Å². The van der Waals surface area contributed by atoms with Crippen molar-refractivity contribution in [2.24, 2.45) is 10.9 Å². The Bertz CT molecular complexity index is 424. The van der Waals surface area contributed by atoms with Crippen molar-refractivity contribution in [2.45, 2.75) is 33.6 Å². The van der Waals surface area contributed by atoms with Crippen molar-refractivity contribution in [3.05, 3.63) is 35.9 Å². The standard InChI is InChI=1S/C18H31N3O.HI/c1-5-19-18(20-12-13-22-6-2)21-14-17(15(3)4)16-10-8-7-9-11-16;/h7-11,15,17H,5-6,12-14H2,1-4H3,(H2,19,20,21);1H. The molecule has 1 atom stereocenters. The van der Waals surface area contributed by atoms with Gasteiger partial charge in [0.1, 0.15) is 0 Å². The lowest BCUT2D eigenvalue weighted by atomic mass is 9.88. The lowest BCUT2D eigenvalue weighted by molar-refractivity contribution is 0.152. The van der Waals surface area contributed by atoms with E-state index < -0.39 is 0 Å². The Morgan fingerprint density at radius 1 is 1.13 bits per heavy atom. The average Bonchev–Trinajstić information content (AvgIpc) is 2.52. The molecule has 1 aromatic carbocycles. The van der Waals surface area contributed by atoms with Crippen LogP contribution in [0.15, 0.2) is 35.3 Å². The zero-order valence-corrected chi connectivity index (χ0v) is 17.2. The Labute approximate surface area is 158 Å². The van der Waals surface area contributed by atoms with E-state index in [1.165, 1.54) is 5.56 Å². The van der Waals surface area contributed by atoms with Gasteiger partial charge in [-0.2, -0.15) is 0 Å². The highest BCUT2D eigenvalue weighted by Crippen LogP contribution is 2.24. The zero-order chi connectivity index (χ0) is 16.2. The highest BCUT2D eigenvalue weighted by atomic mass is 127. The molecule has 23 heavy (non-hydrogen) atoms. The van der Waals surface area contributed by atoms with Crippen molar-refractivity contribution >= 4 is 29.9 Å². The Morgan fingerprint density at radius 3 is 2.39 bits per heavy atom. The van der Waals surface area contributed by atoms with Crippen LogP contribution in [0.5, 0.6) is 0 Å². The topological polar surface area (TPSA) is 45.7 Å². The van der Waals surface area contributed by atoms with Gasteiger partial charge in [0.15, 0.2) is 5.96 Å². The molecule has 0 radical (unpaired) electrons. The highest BCUT2D eigenvalue weighted by molar-refractivity contribution is 14.0. The molecule has 0 aliphatic rings. The second-order valence-electron chi connectivity index (χ2n) is 5.60. The largest absolute Gasteiger partial charge is 0.380 e. The maximum absolute atomic E-state index is 5.35. The predicted octanol–water partition coefficient (Wildman–Crippen LogP) is 3.64. The van der Waals surface area contributed by atoms with Gasteiger partial charge in [-0.15, -0.1) is 24.0 Å². The quantitative estimate of drug-likeness (QED) is 0.271. The molecule has 2 N–H and O–H groups in total. The molecular weight excluding hydrogens is 401 g/mol. The Kier molecular flexibility index (Phi) is 13.1. The molecule has 0 bridgehead atoms. The van der Waals surface area contributed by atoms with Gasteiger partial charge in [-0.3, -0.25) is 4.99 Å². The number of hydrogen-bond donors (Lipinski definition) is 2. The molecule has 4 nitrogen and oxygen atoms in total. The Morgan fingerprint density at radius 2 is 1.83 bits per heavy atom. The van der Waals surface area contributed by atoms with Gasteiger partial charge < -0.3 is 15.4 Å². The normalized spacial score (nSPS) is 12.7. The molecule has 132 valence electrons. The van der Waals surface area contributed by atoms with Crippen LogP contribution in [0.3, 0.4) is 0 Å². The SMILES string of the molecule is CCNC(=NCC(c1ccccc1)C(C)C)NCCOCC.I. The van der Waals surface area contributed by atoms with Gasteiger partial charge in [0.05, 0.1) is 6.61 Å². The summed E-state index contributed by atoms with van der Waals surface area (Å²) in [7, 11) is 0. The van der Waals surface area contributed by atoms with Crippen molar-refractivity contribution < 1.29 is 4.74 Å². The van der Waals surface area contributed by atoms with Crippen LogP contribution in [0, 0.1) is 5.92 Å². The lowest BCUT2D eigenvalue weighted by Gasteiger charge is -2.20. The third-order valence-corrected chi connectivity index (χ3v) is 3.57. The second kappa shape index (κ2) is 13.6. The minimum absolute atomic E-state index is 0. The molecule has 1 unspecified atom stereocenters. The summed E-state index contributed by atoms with van der Waals surface area (Å²) < 4.78 is 5.35. The van der Waals surface area contributed by atoms with Crippen LogP contribution in [-0.4, -0.2) is 38.8 Å². The van der Waals surface area contributed by atoms with E-state index in [2.05, 4.69) is 61.7 Å². The Balaban J connectivity index is 0.00000484. The molecule has 0 amide bonds. The van der Waals surface area contributed by atoms with E-state index in [4.69, 9.17) is 9.73 Å². The van der Waals surface area contributed by atoms with Crippen LogP contribution in [-0.2, 0) is 4.74 Å². The summed E-state index contributed by atoms with van der Waals surface area (Å²) in [6, 6.07) is 10.6. The fourth-order valence-corrected chi connectivity index (χ4v) is 2.32. The van der Waals surface area contributed by atoms with Crippen LogP contribution in [0.2, 0.25) is 0 Å². The van der Waals surface area contributed by atoms with Gasteiger partial charge >= 0.3 is 0 Å². The van der Waals surface area contributed by atoms with Gasteiger partial charge in [0, 0.05) is 32.2 Å². The maximum atomic E-state index is 5.35. The summed E-state index contributed by atoms with van der Waals surface area (Å²) in [6.07, 6.45) is 0. The Hall–Kier alpha value is -0.820. The molecule has 0 heterocycles. The van der Waals surface area contributed by atoms with Gasteiger partial charge in [-0.25, -0.2) is 0 Å². The fourth-order valence-electron chi connectivity index (χ4n) is 2.32. The van der Waals surface area contributed by atoms with Gasteiger partial charge in [-0.1, -0.05) is 44.2 Å². The summed E-state index contributed by atoms with van der Waals surface area (Å²) in [4.78, 5) is 4.75. The van der Waals surface area contributed by atoms with Crippen molar-refractivity contribution in [3.63, 3.8) is 0 Å². The van der Waals surface area contributed by atoms with Crippen LogP contribution in [0.4, 0.5) is 0 Å². The van der Waals surface area contributed by atoms with E-state index in [1.807, 2.05) is 6.92 Å². The van der Waals surface area contributed by atoms with E-state index in [1.54, 1.807) is 0 Å². The molecule has 0 saturated heterocycles. The van der Waals surface area contributed by atoms with E-state index >= 15 is 0 Å². The molecule has 1 rings (SSSR count). The fraction of sp³-hybridized carbons (Fsp3) is 0.611. The summed E-state index contributed by atoms with van der Waals surface area (Å²) in [6.45, 7) is 12.5.